The van der Waals surface area contributed by atoms with E-state index in [1.807, 2.05) is 22.9 Å². The minimum Gasteiger partial charge on any atom is -0.207 e. The smallest absolute Gasteiger partial charge is 0.207 e. The second-order valence-corrected chi connectivity index (χ2v) is 8.64. The highest BCUT2D eigenvalue weighted by atomic mass is 79.9. The Balaban J connectivity index is 2.41. The molecule has 2 rings (SSSR count). The molecule has 0 aliphatic heterocycles. The van der Waals surface area contributed by atoms with Crippen molar-refractivity contribution in [2.24, 2.45) is 0 Å². The maximum atomic E-state index is 12.8. The number of sulfonamides is 1. The van der Waals surface area contributed by atoms with Crippen LogP contribution in [0.25, 0.3) is 0 Å². The van der Waals surface area contributed by atoms with Gasteiger partial charge in [-0.15, -0.1) is 11.6 Å². The summed E-state index contributed by atoms with van der Waals surface area (Å²) in [4.78, 5) is 0.297. The van der Waals surface area contributed by atoms with Crippen LogP contribution < -0.4 is 0 Å². The zero-order valence-electron chi connectivity index (χ0n) is 11.6. The summed E-state index contributed by atoms with van der Waals surface area (Å²) in [5.41, 5.74) is 2.45. The molecule has 0 saturated heterocycles. The van der Waals surface area contributed by atoms with Gasteiger partial charge in [0.25, 0.3) is 0 Å². The topological polar surface area (TPSA) is 37.4 Å². The predicted octanol–water partition coefficient (Wildman–Crippen LogP) is 4.38. The molecule has 0 radical (unpaired) electrons. The molecule has 0 spiro atoms. The Morgan fingerprint density at radius 3 is 2.62 bits per heavy atom. The summed E-state index contributed by atoms with van der Waals surface area (Å²) in [5, 5.41) is 3.88. The summed E-state index contributed by atoms with van der Waals surface area (Å²) < 4.78 is 27.6. The number of hydrogen-bond acceptors (Lipinski definition) is 3. The fraction of sp³-hybridized carbons (Fsp3) is 0.286. The van der Waals surface area contributed by atoms with Crippen LogP contribution in [0.15, 0.2) is 38.3 Å². The SMILES string of the molecule is Cc1c(Br)cc(CCl)cc1S(=O)(=O)N(C)Cc1ccsc1. The molecule has 0 fully saturated rings. The lowest BCUT2D eigenvalue weighted by molar-refractivity contribution is 0.466. The van der Waals surface area contributed by atoms with E-state index in [1.54, 1.807) is 31.4 Å². The second-order valence-electron chi connectivity index (χ2n) is 4.73. The van der Waals surface area contributed by atoms with Crippen molar-refractivity contribution < 1.29 is 8.42 Å². The van der Waals surface area contributed by atoms with Gasteiger partial charge >= 0.3 is 0 Å². The predicted molar refractivity (Wildman–Crippen MR) is 91.4 cm³/mol. The lowest BCUT2D eigenvalue weighted by Crippen LogP contribution is -2.27. The molecule has 21 heavy (non-hydrogen) atoms. The minimum atomic E-state index is -3.55. The standard InChI is InChI=1S/C14H15BrClNO2S2/c1-10-13(15)5-12(7-16)6-14(10)21(18,19)17(2)8-11-3-4-20-9-11/h3-6,9H,7-8H2,1-2H3. The Hall–Kier alpha value is -0.400. The largest absolute Gasteiger partial charge is 0.243 e. The van der Waals surface area contributed by atoms with Gasteiger partial charge in [-0.1, -0.05) is 15.9 Å². The molecule has 0 N–H and O–H groups in total. The molecule has 7 heteroatoms. The van der Waals surface area contributed by atoms with Gasteiger partial charge in [0.05, 0.1) is 4.90 Å². The van der Waals surface area contributed by atoms with Crippen LogP contribution in [0.5, 0.6) is 0 Å². The average molecular weight is 409 g/mol. The number of hydrogen-bond donors (Lipinski definition) is 0. The lowest BCUT2D eigenvalue weighted by Gasteiger charge is -2.19. The molecular formula is C14H15BrClNO2S2. The van der Waals surface area contributed by atoms with Gasteiger partial charge in [0.2, 0.25) is 10.0 Å². The maximum Gasteiger partial charge on any atom is 0.243 e. The Bertz CT molecular complexity index is 730. The Kier molecular flexibility index (Phi) is 5.48. The molecule has 0 aliphatic rings. The Labute approximate surface area is 142 Å². The highest BCUT2D eigenvalue weighted by Gasteiger charge is 2.24. The van der Waals surface area contributed by atoms with Crippen molar-refractivity contribution in [2.45, 2.75) is 24.2 Å². The summed E-state index contributed by atoms with van der Waals surface area (Å²) in [5.74, 6) is 0.273. The van der Waals surface area contributed by atoms with Crippen LogP contribution in [0.2, 0.25) is 0 Å². The van der Waals surface area contributed by atoms with Crippen LogP contribution in [0, 0.1) is 6.92 Å². The summed E-state index contributed by atoms with van der Waals surface area (Å²) in [6.07, 6.45) is 0. The first-order valence-corrected chi connectivity index (χ1v) is 9.89. The van der Waals surface area contributed by atoms with Gasteiger partial charge in [-0.05, 0) is 52.6 Å². The maximum absolute atomic E-state index is 12.8. The van der Waals surface area contributed by atoms with Crippen LogP contribution in [-0.2, 0) is 22.4 Å². The van der Waals surface area contributed by atoms with E-state index in [-0.39, 0.29) is 5.88 Å². The van der Waals surface area contributed by atoms with Gasteiger partial charge in [-0.3, -0.25) is 0 Å². The van der Waals surface area contributed by atoms with E-state index < -0.39 is 10.0 Å². The van der Waals surface area contributed by atoms with Crippen molar-refractivity contribution in [3.63, 3.8) is 0 Å². The van der Waals surface area contributed by atoms with Crippen molar-refractivity contribution in [1.29, 1.82) is 0 Å². The van der Waals surface area contributed by atoms with E-state index >= 15 is 0 Å². The van der Waals surface area contributed by atoms with E-state index in [9.17, 15) is 8.42 Å². The molecule has 3 nitrogen and oxygen atoms in total. The van der Waals surface area contributed by atoms with Crippen LogP contribution in [-0.4, -0.2) is 19.8 Å². The molecule has 0 unspecified atom stereocenters. The zero-order valence-corrected chi connectivity index (χ0v) is 15.6. The summed E-state index contributed by atoms with van der Waals surface area (Å²) >= 11 is 10.8. The molecule has 1 aromatic carbocycles. The second kappa shape index (κ2) is 6.79. The monoisotopic (exact) mass is 407 g/mol. The average Bonchev–Trinajstić information content (AvgIpc) is 2.94. The van der Waals surface area contributed by atoms with Gasteiger partial charge < -0.3 is 0 Å². The van der Waals surface area contributed by atoms with E-state index in [1.165, 1.54) is 4.31 Å². The number of alkyl halides is 1. The van der Waals surface area contributed by atoms with Crippen molar-refractivity contribution in [2.75, 3.05) is 7.05 Å². The Morgan fingerprint density at radius 2 is 2.05 bits per heavy atom. The van der Waals surface area contributed by atoms with Crippen LogP contribution in [0.1, 0.15) is 16.7 Å². The number of rotatable bonds is 5. The van der Waals surface area contributed by atoms with Crippen molar-refractivity contribution in [3.05, 3.63) is 50.1 Å². The normalized spacial score (nSPS) is 12.0. The molecule has 0 bridgehead atoms. The third-order valence-electron chi connectivity index (χ3n) is 3.18. The van der Waals surface area contributed by atoms with E-state index in [2.05, 4.69) is 15.9 Å². The van der Waals surface area contributed by atoms with Gasteiger partial charge in [0.1, 0.15) is 0 Å². The van der Waals surface area contributed by atoms with Gasteiger partial charge in [0, 0.05) is 23.9 Å². The number of thiophene rings is 1. The third-order valence-corrected chi connectivity index (χ3v) is 6.98. The minimum absolute atomic E-state index is 0.273. The molecule has 0 amide bonds. The van der Waals surface area contributed by atoms with Gasteiger partial charge in [-0.25, -0.2) is 8.42 Å². The summed E-state index contributed by atoms with van der Waals surface area (Å²) in [7, 11) is -1.96. The van der Waals surface area contributed by atoms with Gasteiger partial charge in [-0.2, -0.15) is 15.6 Å². The molecule has 114 valence electrons. The molecule has 0 saturated carbocycles. The lowest BCUT2D eigenvalue weighted by atomic mass is 10.2. The number of benzene rings is 1. The summed E-state index contributed by atoms with van der Waals surface area (Å²) in [6, 6.07) is 5.42. The van der Waals surface area contributed by atoms with Crippen molar-refractivity contribution in [3.8, 4) is 0 Å². The fourth-order valence-corrected chi connectivity index (χ4v) is 4.85. The number of nitrogens with zero attached hydrogens (tertiary/aromatic N) is 1. The molecule has 0 atom stereocenters. The van der Waals surface area contributed by atoms with Crippen LogP contribution in [0.4, 0.5) is 0 Å². The molecule has 1 aromatic heterocycles. The molecule has 2 aromatic rings. The van der Waals surface area contributed by atoms with Crippen LogP contribution >= 0.6 is 38.9 Å². The first-order valence-electron chi connectivity index (χ1n) is 6.18. The van der Waals surface area contributed by atoms with E-state index in [4.69, 9.17) is 11.6 Å². The van der Waals surface area contributed by atoms with Gasteiger partial charge in [0.15, 0.2) is 0 Å². The van der Waals surface area contributed by atoms with Crippen LogP contribution in [0.3, 0.4) is 0 Å². The van der Waals surface area contributed by atoms with E-state index in [0.717, 1.165) is 15.6 Å². The number of halogens is 2. The third kappa shape index (κ3) is 3.68. The van der Waals surface area contributed by atoms with Crippen molar-refractivity contribution >= 4 is 48.9 Å². The molecular weight excluding hydrogens is 394 g/mol. The highest BCUT2D eigenvalue weighted by molar-refractivity contribution is 9.10. The fourth-order valence-electron chi connectivity index (χ4n) is 1.94. The molecule has 0 aliphatic carbocycles. The summed E-state index contributed by atoms with van der Waals surface area (Å²) in [6.45, 7) is 2.14. The Morgan fingerprint density at radius 1 is 1.33 bits per heavy atom. The van der Waals surface area contributed by atoms with E-state index in [0.29, 0.717) is 17.0 Å². The highest BCUT2D eigenvalue weighted by Crippen LogP contribution is 2.29. The zero-order chi connectivity index (χ0) is 15.6. The molecule has 1 heterocycles. The first kappa shape index (κ1) is 17.0. The quantitative estimate of drug-likeness (QED) is 0.689. The first-order chi connectivity index (χ1) is 9.86. The van der Waals surface area contributed by atoms with Crippen molar-refractivity contribution in [1.82, 2.24) is 4.31 Å².